The Morgan fingerprint density at radius 3 is 2.35 bits per heavy atom. The van der Waals surface area contributed by atoms with Crippen LogP contribution in [0.2, 0.25) is 0 Å². The number of carbonyl (C=O) groups excluding carboxylic acids is 3. The maximum Gasteiger partial charge on any atom is 0.325 e. The maximum atomic E-state index is 11.3. The van der Waals surface area contributed by atoms with Crippen LogP contribution >= 0.6 is 0 Å². The topological polar surface area (TPSA) is 104 Å². The van der Waals surface area contributed by atoms with Gasteiger partial charge in [-0.25, -0.2) is 0 Å². The largest absolute Gasteiger partial charge is 0.480 e. The molecule has 92 valence electrons. The molecule has 0 saturated heterocycles. The molecule has 0 aromatic rings. The minimum Gasteiger partial charge on any atom is -0.480 e. The Labute approximate surface area is 97.1 Å². The number of carboxylic acid groups (broad SMARTS) is 1. The van der Waals surface area contributed by atoms with E-state index in [0.29, 0.717) is 0 Å². The zero-order chi connectivity index (χ0) is 13.0. The second-order valence-electron chi connectivity index (χ2n) is 3.54. The Morgan fingerprint density at radius 2 is 1.88 bits per heavy atom. The number of hydrogen-bond donors (Lipinski definition) is 2. The molecule has 0 aromatic carbocycles. The summed E-state index contributed by atoms with van der Waals surface area (Å²) in [5.41, 5.74) is 0. The molecule has 7 heteroatoms. The zero-order valence-corrected chi connectivity index (χ0v) is 9.17. The normalized spacial score (nSPS) is 16.2. The fourth-order valence-electron chi connectivity index (χ4n) is 1.24. The summed E-state index contributed by atoms with van der Waals surface area (Å²) in [6.07, 6.45) is 2.14. The molecule has 1 aliphatic heterocycles. The van der Waals surface area contributed by atoms with Crippen LogP contribution in [0.25, 0.3) is 0 Å². The third-order valence-electron chi connectivity index (χ3n) is 2.21. The molecule has 7 nitrogen and oxygen atoms in total. The van der Waals surface area contributed by atoms with Crippen molar-refractivity contribution in [2.24, 2.45) is 0 Å². The van der Waals surface area contributed by atoms with Gasteiger partial charge in [0.2, 0.25) is 5.91 Å². The van der Waals surface area contributed by atoms with Gasteiger partial charge >= 0.3 is 5.97 Å². The van der Waals surface area contributed by atoms with E-state index in [9.17, 15) is 19.2 Å². The van der Waals surface area contributed by atoms with E-state index in [0.717, 1.165) is 17.1 Å². The molecular weight excluding hydrogens is 228 g/mol. The number of aliphatic carboxylic acids is 1. The third kappa shape index (κ3) is 3.40. The van der Waals surface area contributed by atoms with Crippen LogP contribution in [0.4, 0.5) is 0 Å². The van der Waals surface area contributed by atoms with Gasteiger partial charge < -0.3 is 10.4 Å². The van der Waals surface area contributed by atoms with Crippen LogP contribution in [0.1, 0.15) is 13.3 Å². The quantitative estimate of drug-likeness (QED) is 0.593. The lowest BCUT2D eigenvalue weighted by Crippen LogP contribution is -2.40. The van der Waals surface area contributed by atoms with Gasteiger partial charge in [-0.1, -0.05) is 0 Å². The molecule has 0 fully saturated rings. The lowest BCUT2D eigenvalue weighted by molar-refractivity contribution is -0.142. The summed E-state index contributed by atoms with van der Waals surface area (Å²) >= 11 is 0. The Morgan fingerprint density at radius 1 is 1.35 bits per heavy atom. The molecule has 0 radical (unpaired) electrons. The fourth-order valence-corrected chi connectivity index (χ4v) is 1.24. The minimum absolute atomic E-state index is 0.0527. The van der Waals surface area contributed by atoms with Gasteiger partial charge in [-0.05, 0) is 6.92 Å². The van der Waals surface area contributed by atoms with E-state index in [1.807, 2.05) is 0 Å². The minimum atomic E-state index is -1.15. The maximum absolute atomic E-state index is 11.3. The van der Waals surface area contributed by atoms with E-state index < -0.39 is 29.7 Å². The molecular formula is C10H12N2O5. The second-order valence-corrected chi connectivity index (χ2v) is 3.54. The molecule has 1 rings (SSSR count). The molecule has 2 N–H and O–H groups in total. The summed E-state index contributed by atoms with van der Waals surface area (Å²) < 4.78 is 0. The van der Waals surface area contributed by atoms with Crippen molar-refractivity contribution in [1.82, 2.24) is 10.2 Å². The van der Waals surface area contributed by atoms with Crippen molar-refractivity contribution >= 4 is 23.7 Å². The van der Waals surface area contributed by atoms with E-state index in [4.69, 9.17) is 5.11 Å². The molecule has 0 bridgehead atoms. The lowest BCUT2D eigenvalue weighted by atomic mass is 10.3. The van der Waals surface area contributed by atoms with Gasteiger partial charge in [0.15, 0.2) is 0 Å². The summed E-state index contributed by atoms with van der Waals surface area (Å²) in [6.45, 7) is 1.27. The summed E-state index contributed by atoms with van der Waals surface area (Å²) in [5, 5.41) is 10.8. The van der Waals surface area contributed by atoms with Gasteiger partial charge in [-0.2, -0.15) is 0 Å². The number of carbonyl (C=O) groups is 4. The molecule has 0 spiro atoms. The van der Waals surface area contributed by atoms with Gasteiger partial charge in [0.25, 0.3) is 11.8 Å². The standard InChI is InChI=1S/C10H12N2O5/c1-6(10(16)17)11-7(13)4-5-12-8(14)2-3-9(12)15/h2-3,6H,4-5H2,1H3,(H,11,13)(H,16,17)/t6-/m1/s1. The molecule has 1 atom stereocenters. The number of hydrogen-bond acceptors (Lipinski definition) is 4. The Kier molecular flexibility index (Phi) is 3.97. The molecule has 1 aliphatic rings. The summed E-state index contributed by atoms with van der Waals surface area (Å²) in [7, 11) is 0. The van der Waals surface area contributed by atoms with Crippen LogP contribution in [0.5, 0.6) is 0 Å². The second kappa shape index (κ2) is 5.24. The van der Waals surface area contributed by atoms with Gasteiger partial charge in [-0.15, -0.1) is 0 Å². The monoisotopic (exact) mass is 240 g/mol. The highest BCUT2D eigenvalue weighted by Gasteiger charge is 2.24. The molecule has 1 heterocycles. The van der Waals surface area contributed by atoms with E-state index >= 15 is 0 Å². The number of nitrogens with one attached hydrogen (secondary N) is 1. The van der Waals surface area contributed by atoms with Crippen LogP contribution in [0.15, 0.2) is 12.2 Å². The summed E-state index contributed by atoms with van der Waals surface area (Å²) in [4.78, 5) is 44.9. The van der Waals surface area contributed by atoms with Crippen molar-refractivity contribution in [3.63, 3.8) is 0 Å². The van der Waals surface area contributed by atoms with Crippen LogP contribution in [0.3, 0.4) is 0 Å². The fraction of sp³-hybridized carbons (Fsp3) is 0.400. The highest BCUT2D eigenvalue weighted by Crippen LogP contribution is 2.04. The van der Waals surface area contributed by atoms with E-state index in [1.165, 1.54) is 6.92 Å². The van der Waals surface area contributed by atoms with Crippen molar-refractivity contribution in [2.45, 2.75) is 19.4 Å². The first-order valence-electron chi connectivity index (χ1n) is 4.97. The number of rotatable bonds is 5. The zero-order valence-electron chi connectivity index (χ0n) is 9.17. The predicted molar refractivity (Wildman–Crippen MR) is 55.7 cm³/mol. The van der Waals surface area contributed by atoms with Gasteiger partial charge in [0, 0.05) is 25.1 Å². The van der Waals surface area contributed by atoms with Crippen LogP contribution in [0, 0.1) is 0 Å². The lowest BCUT2D eigenvalue weighted by Gasteiger charge is -2.14. The van der Waals surface area contributed by atoms with Gasteiger partial charge in [0.05, 0.1) is 0 Å². The smallest absolute Gasteiger partial charge is 0.325 e. The van der Waals surface area contributed by atoms with Crippen molar-refractivity contribution in [1.29, 1.82) is 0 Å². The van der Waals surface area contributed by atoms with Crippen LogP contribution in [-0.4, -0.2) is 46.3 Å². The van der Waals surface area contributed by atoms with Gasteiger partial charge in [0.1, 0.15) is 6.04 Å². The SMILES string of the molecule is C[C@@H](NC(=O)CCN1C(=O)C=CC1=O)C(=O)O. The molecule has 0 aromatic heterocycles. The molecule has 0 aliphatic carbocycles. The Bertz CT molecular complexity index is 384. The van der Waals surface area contributed by atoms with E-state index in [2.05, 4.69) is 5.32 Å². The number of nitrogens with zero attached hydrogens (tertiary/aromatic N) is 1. The highest BCUT2D eigenvalue weighted by atomic mass is 16.4. The van der Waals surface area contributed by atoms with E-state index in [-0.39, 0.29) is 13.0 Å². The van der Waals surface area contributed by atoms with E-state index in [1.54, 1.807) is 0 Å². The van der Waals surface area contributed by atoms with Crippen molar-refractivity contribution in [3.05, 3.63) is 12.2 Å². The third-order valence-corrected chi connectivity index (χ3v) is 2.21. The number of imide groups is 1. The molecule has 3 amide bonds. The first-order chi connectivity index (χ1) is 7.91. The first kappa shape index (κ1) is 12.9. The summed E-state index contributed by atoms with van der Waals surface area (Å²) in [6, 6.07) is -0.995. The Hall–Kier alpha value is -2.18. The van der Waals surface area contributed by atoms with Gasteiger partial charge in [-0.3, -0.25) is 24.1 Å². The molecule has 0 saturated carbocycles. The van der Waals surface area contributed by atoms with Crippen molar-refractivity contribution < 1.29 is 24.3 Å². The van der Waals surface area contributed by atoms with Crippen LogP contribution in [-0.2, 0) is 19.2 Å². The Balaban J connectivity index is 2.36. The molecule has 0 unspecified atom stereocenters. The first-order valence-corrected chi connectivity index (χ1v) is 4.97. The molecule has 17 heavy (non-hydrogen) atoms. The van der Waals surface area contributed by atoms with Crippen molar-refractivity contribution in [2.75, 3.05) is 6.54 Å². The van der Waals surface area contributed by atoms with Crippen molar-refractivity contribution in [3.8, 4) is 0 Å². The average molecular weight is 240 g/mol. The van der Waals surface area contributed by atoms with Crippen LogP contribution < -0.4 is 5.32 Å². The highest BCUT2D eigenvalue weighted by molar-refractivity contribution is 6.13. The average Bonchev–Trinajstić information content (AvgIpc) is 2.56. The number of carboxylic acids is 1. The predicted octanol–water partition coefficient (Wildman–Crippen LogP) is -1.11. The number of amides is 3. The summed E-state index contributed by atoms with van der Waals surface area (Å²) in [5.74, 6) is -2.59.